The van der Waals surface area contributed by atoms with E-state index in [9.17, 15) is 4.79 Å². The molecular formula is C18H23NO2. The van der Waals surface area contributed by atoms with E-state index in [0.717, 1.165) is 31.5 Å². The number of nitrogens with zero attached hydrogens (tertiary/aromatic N) is 1. The molecular weight excluding hydrogens is 262 g/mol. The topological polar surface area (TPSA) is 40.5 Å². The number of hydrogen-bond donors (Lipinski definition) is 1. The van der Waals surface area contributed by atoms with E-state index in [-0.39, 0.29) is 12.5 Å². The third-order valence-corrected chi connectivity index (χ3v) is 4.05. The van der Waals surface area contributed by atoms with Crippen molar-refractivity contribution in [3.8, 4) is 11.8 Å². The lowest BCUT2D eigenvalue weighted by atomic mass is 9.85. The van der Waals surface area contributed by atoms with Crippen LogP contribution in [0.2, 0.25) is 0 Å². The van der Waals surface area contributed by atoms with Crippen LogP contribution in [0.5, 0.6) is 0 Å². The van der Waals surface area contributed by atoms with E-state index in [1.54, 1.807) is 6.07 Å². The fourth-order valence-electron chi connectivity index (χ4n) is 2.68. The number of likely N-dealkylation sites (tertiary alicyclic amines) is 1. The first-order valence-electron chi connectivity index (χ1n) is 7.51. The number of hydrogen-bond acceptors (Lipinski definition) is 2. The molecule has 1 aromatic rings. The van der Waals surface area contributed by atoms with Gasteiger partial charge in [-0.3, -0.25) is 4.79 Å². The number of amides is 1. The van der Waals surface area contributed by atoms with Crippen molar-refractivity contribution >= 4 is 5.91 Å². The second-order valence-corrected chi connectivity index (χ2v) is 6.35. The number of carbonyl (C=O) groups is 1. The lowest BCUT2D eigenvalue weighted by Crippen LogP contribution is -2.32. The Hall–Kier alpha value is -1.79. The van der Waals surface area contributed by atoms with Crippen LogP contribution in [0.4, 0.5) is 0 Å². The van der Waals surface area contributed by atoms with E-state index in [4.69, 9.17) is 5.11 Å². The number of aliphatic hydroxyl groups excluding tert-OH is 1. The lowest BCUT2D eigenvalue weighted by Gasteiger charge is -2.23. The Morgan fingerprint density at radius 2 is 2.14 bits per heavy atom. The highest BCUT2D eigenvalue weighted by Crippen LogP contribution is 2.30. The fourth-order valence-corrected chi connectivity index (χ4v) is 2.68. The van der Waals surface area contributed by atoms with Gasteiger partial charge >= 0.3 is 0 Å². The minimum atomic E-state index is -0.167. The molecule has 1 aliphatic rings. The molecule has 1 aromatic carbocycles. The Kier molecular flexibility index (Phi) is 5.03. The van der Waals surface area contributed by atoms with Crippen molar-refractivity contribution < 1.29 is 9.90 Å². The quantitative estimate of drug-likeness (QED) is 0.806. The predicted molar refractivity (Wildman–Crippen MR) is 83.9 cm³/mol. The van der Waals surface area contributed by atoms with Crippen LogP contribution in [0.1, 0.15) is 49.0 Å². The van der Waals surface area contributed by atoms with Gasteiger partial charge < -0.3 is 10.0 Å². The highest BCUT2D eigenvalue weighted by Gasteiger charge is 2.25. The summed E-state index contributed by atoms with van der Waals surface area (Å²) >= 11 is 0. The zero-order chi connectivity index (χ0) is 15.3. The van der Waals surface area contributed by atoms with Gasteiger partial charge in [-0.2, -0.15) is 0 Å². The van der Waals surface area contributed by atoms with Crippen LogP contribution in [-0.2, 0) is 0 Å². The van der Waals surface area contributed by atoms with Crippen LogP contribution in [0.3, 0.4) is 0 Å². The summed E-state index contributed by atoms with van der Waals surface area (Å²) in [6, 6.07) is 7.34. The highest BCUT2D eigenvalue weighted by molar-refractivity contribution is 5.94. The molecule has 0 radical (unpaired) electrons. The monoisotopic (exact) mass is 285 g/mol. The van der Waals surface area contributed by atoms with E-state index in [2.05, 4.69) is 25.7 Å². The van der Waals surface area contributed by atoms with Crippen LogP contribution in [0.25, 0.3) is 0 Å². The Balaban J connectivity index is 2.12. The van der Waals surface area contributed by atoms with Gasteiger partial charge in [0.1, 0.15) is 6.61 Å². The minimum Gasteiger partial charge on any atom is -0.384 e. The first-order valence-corrected chi connectivity index (χ1v) is 7.51. The zero-order valence-electron chi connectivity index (χ0n) is 12.9. The Morgan fingerprint density at radius 3 is 2.90 bits per heavy atom. The summed E-state index contributed by atoms with van der Waals surface area (Å²) in [5, 5.41) is 8.74. The van der Waals surface area contributed by atoms with E-state index in [1.165, 1.54) is 6.42 Å². The van der Waals surface area contributed by atoms with E-state index < -0.39 is 0 Å². The summed E-state index contributed by atoms with van der Waals surface area (Å²) in [4.78, 5) is 14.6. The first-order chi connectivity index (χ1) is 10.0. The van der Waals surface area contributed by atoms with Crippen molar-refractivity contribution in [2.45, 2.75) is 33.1 Å². The molecule has 1 heterocycles. The third-order valence-electron chi connectivity index (χ3n) is 4.05. The van der Waals surface area contributed by atoms with Gasteiger partial charge in [0, 0.05) is 24.2 Å². The van der Waals surface area contributed by atoms with E-state index in [1.807, 2.05) is 23.1 Å². The SMILES string of the molecule is CC1(C)CCCN(C(=O)c2cccc(C#CCO)c2)CC1. The molecule has 1 aliphatic heterocycles. The molecule has 3 heteroatoms. The van der Waals surface area contributed by atoms with Gasteiger partial charge in [-0.1, -0.05) is 31.8 Å². The van der Waals surface area contributed by atoms with Crippen LogP contribution in [0, 0.1) is 17.3 Å². The van der Waals surface area contributed by atoms with Crippen LogP contribution in [0.15, 0.2) is 24.3 Å². The second-order valence-electron chi connectivity index (χ2n) is 6.35. The average molecular weight is 285 g/mol. The highest BCUT2D eigenvalue weighted by atomic mass is 16.2. The molecule has 0 aromatic heterocycles. The van der Waals surface area contributed by atoms with E-state index in [0.29, 0.717) is 11.0 Å². The fraction of sp³-hybridized carbons (Fsp3) is 0.500. The molecule has 1 saturated heterocycles. The Morgan fingerprint density at radius 1 is 1.33 bits per heavy atom. The minimum absolute atomic E-state index is 0.0837. The Bertz CT molecular complexity index is 566. The van der Waals surface area contributed by atoms with Crippen molar-refractivity contribution in [1.29, 1.82) is 0 Å². The van der Waals surface area contributed by atoms with Gasteiger partial charge in [-0.15, -0.1) is 0 Å². The molecule has 0 spiro atoms. The summed E-state index contributed by atoms with van der Waals surface area (Å²) in [5.74, 6) is 5.54. The molecule has 0 saturated carbocycles. The van der Waals surface area contributed by atoms with Crippen LogP contribution in [-0.4, -0.2) is 35.6 Å². The van der Waals surface area contributed by atoms with Crippen molar-refractivity contribution in [2.24, 2.45) is 5.41 Å². The molecule has 1 fully saturated rings. The van der Waals surface area contributed by atoms with E-state index >= 15 is 0 Å². The van der Waals surface area contributed by atoms with Gasteiger partial charge in [0.25, 0.3) is 5.91 Å². The Labute approximate surface area is 127 Å². The summed E-state index contributed by atoms with van der Waals surface area (Å²) in [7, 11) is 0. The predicted octanol–water partition coefficient (Wildman–Crippen LogP) is 2.68. The first kappa shape index (κ1) is 15.6. The molecule has 0 atom stereocenters. The van der Waals surface area contributed by atoms with Crippen molar-refractivity contribution in [3.05, 3.63) is 35.4 Å². The molecule has 3 nitrogen and oxygen atoms in total. The maximum Gasteiger partial charge on any atom is 0.253 e. The molecule has 0 bridgehead atoms. The second kappa shape index (κ2) is 6.78. The van der Waals surface area contributed by atoms with Gasteiger partial charge in [0.05, 0.1) is 0 Å². The number of aliphatic hydroxyl groups is 1. The van der Waals surface area contributed by atoms with Crippen molar-refractivity contribution in [1.82, 2.24) is 4.90 Å². The molecule has 0 unspecified atom stereocenters. The maximum atomic E-state index is 12.6. The molecule has 2 rings (SSSR count). The van der Waals surface area contributed by atoms with Crippen molar-refractivity contribution in [3.63, 3.8) is 0 Å². The normalized spacial score (nSPS) is 17.6. The summed E-state index contributed by atoms with van der Waals surface area (Å²) in [5.41, 5.74) is 1.77. The molecule has 21 heavy (non-hydrogen) atoms. The number of benzene rings is 1. The molecule has 0 aliphatic carbocycles. The summed E-state index contributed by atoms with van der Waals surface area (Å²) in [6.45, 7) is 6.02. The average Bonchev–Trinajstić information content (AvgIpc) is 2.65. The molecule has 1 amide bonds. The van der Waals surface area contributed by atoms with Gasteiger partial charge in [0.15, 0.2) is 0 Å². The van der Waals surface area contributed by atoms with Gasteiger partial charge in [0.2, 0.25) is 0 Å². The lowest BCUT2D eigenvalue weighted by molar-refractivity contribution is 0.0757. The molecule has 1 N–H and O–H groups in total. The third kappa shape index (κ3) is 4.34. The van der Waals surface area contributed by atoms with Crippen LogP contribution < -0.4 is 0 Å². The molecule has 112 valence electrons. The smallest absolute Gasteiger partial charge is 0.253 e. The van der Waals surface area contributed by atoms with Crippen molar-refractivity contribution in [2.75, 3.05) is 19.7 Å². The zero-order valence-corrected chi connectivity index (χ0v) is 12.9. The standard InChI is InChI=1S/C18H23NO2/c1-18(2)9-5-11-19(12-10-18)17(21)16-8-3-6-15(14-16)7-4-13-20/h3,6,8,14,20H,5,9-13H2,1-2H3. The summed E-state index contributed by atoms with van der Waals surface area (Å²) < 4.78 is 0. The largest absolute Gasteiger partial charge is 0.384 e. The van der Waals surface area contributed by atoms with Gasteiger partial charge in [-0.25, -0.2) is 0 Å². The number of carbonyl (C=O) groups excluding carboxylic acids is 1. The summed E-state index contributed by atoms with van der Waals surface area (Å²) in [6.07, 6.45) is 3.27. The maximum absolute atomic E-state index is 12.6. The van der Waals surface area contributed by atoms with Crippen LogP contribution >= 0.6 is 0 Å². The number of rotatable bonds is 1. The van der Waals surface area contributed by atoms with Gasteiger partial charge in [-0.05, 0) is 42.9 Å².